The minimum absolute atomic E-state index is 0.266. The van der Waals surface area contributed by atoms with Crippen LogP contribution in [0.2, 0.25) is 10.0 Å². The molecule has 184 valence electrons. The van der Waals surface area contributed by atoms with E-state index >= 15 is 0 Å². The molecule has 0 aliphatic heterocycles. The molecule has 10 heteroatoms. The molecule has 0 spiro atoms. The van der Waals surface area contributed by atoms with Crippen molar-refractivity contribution in [2.45, 2.75) is 5.92 Å². The molecule has 2 N–H and O–H groups in total. The maximum atomic E-state index is 13.4. The Hall–Kier alpha value is -3.62. The van der Waals surface area contributed by atoms with Gasteiger partial charge in [0.05, 0.1) is 49.9 Å². The van der Waals surface area contributed by atoms with E-state index in [1.165, 1.54) is 40.6 Å². The largest absolute Gasteiger partial charge is 0.495 e. The number of benzene rings is 3. The highest BCUT2D eigenvalue weighted by molar-refractivity contribution is 6.33. The fraction of sp³-hybridized carbons (Fsp3) is 0.200. The Morgan fingerprint density at radius 1 is 0.657 bits per heavy atom. The maximum absolute atomic E-state index is 13.4. The number of hydrogen-bond acceptors (Lipinski definition) is 6. The van der Waals surface area contributed by atoms with Crippen LogP contribution in [-0.4, -0.2) is 40.3 Å². The summed E-state index contributed by atoms with van der Waals surface area (Å²) < 4.78 is 21.1. The maximum Gasteiger partial charge on any atom is 0.241 e. The lowest BCUT2D eigenvalue weighted by Gasteiger charge is -2.20. The van der Waals surface area contributed by atoms with Crippen LogP contribution in [0.1, 0.15) is 11.5 Å². The predicted octanol–water partition coefficient (Wildman–Crippen LogP) is 5.39. The molecule has 0 aliphatic rings. The number of carbonyl (C=O) groups excluding carboxylic acids is 2. The first-order valence-corrected chi connectivity index (χ1v) is 11.1. The molecule has 3 rings (SSSR count). The summed E-state index contributed by atoms with van der Waals surface area (Å²) in [7, 11) is 5.82. The van der Waals surface area contributed by atoms with Gasteiger partial charge >= 0.3 is 0 Å². The molecule has 0 unspecified atom stereocenters. The van der Waals surface area contributed by atoms with Gasteiger partial charge in [-0.15, -0.1) is 0 Å². The van der Waals surface area contributed by atoms with Gasteiger partial charge in [0, 0.05) is 12.1 Å². The molecule has 0 aliphatic carbocycles. The summed E-state index contributed by atoms with van der Waals surface area (Å²) in [6, 6.07) is 14.7. The zero-order valence-electron chi connectivity index (χ0n) is 19.5. The van der Waals surface area contributed by atoms with Gasteiger partial charge in [0.25, 0.3) is 0 Å². The van der Waals surface area contributed by atoms with E-state index in [9.17, 15) is 9.59 Å². The second kappa shape index (κ2) is 11.7. The van der Waals surface area contributed by atoms with Crippen LogP contribution in [-0.2, 0) is 9.59 Å². The standard InChI is InChI=1S/C25H24Cl2N2O6/c1-32-19-12-21(34-3)17(10-15(19)26)28-24(30)23(14-8-6-5-7-9-14)25(31)29-18-11-16(27)20(33-2)13-22(18)35-4/h5-13,23H,1-4H3,(H,28,30)(H,29,31). The highest BCUT2D eigenvalue weighted by Crippen LogP contribution is 2.38. The SMILES string of the molecule is COc1cc(OC)c(NC(=O)C(C(=O)Nc2cc(Cl)c(OC)cc2OC)c2ccccc2)cc1Cl. The number of nitrogens with one attached hydrogen (secondary N) is 2. The number of ether oxygens (including phenoxy) is 4. The molecule has 0 bridgehead atoms. The van der Waals surface area contributed by atoms with Gasteiger partial charge in [0.1, 0.15) is 28.9 Å². The molecule has 35 heavy (non-hydrogen) atoms. The molecule has 2 amide bonds. The molecule has 0 heterocycles. The van der Waals surface area contributed by atoms with Crippen molar-refractivity contribution in [1.29, 1.82) is 0 Å². The minimum Gasteiger partial charge on any atom is -0.495 e. The Labute approximate surface area is 213 Å². The number of methoxy groups -OCH3 is 4. The molecule has 0 saturated heterocycles. The zero-order chi connectivity index (χ0) is 25.5. The quantitative estimate of drug-likeness (QED) is 0.368. The Kier molecular flexibility index (Phi) is 8.68. The molecule has 0 fully saturated rings. The Bertz CT molecular complexity index is 1140. The van der Waals surface area contributed by atoms with Gasteiger partial charge < -0.3 is 29.6 Å². The van der Waals surface area contributed by atoms with Crippen molar-refractivity contribution >= 4 is 46.4 Å². The number of hydrogen-bond donors (Lipinski definition) is 2. The van der Waals surface area contributed by atoms with E-state index in [-0.39, 0.29) is 21.4 Å². The third kappa shape index (κ3) is 5.90. The number of amides is 2. The van der Waals surface area contributed by atoms with E-state index < -0.39 is 17.7 Å². The van der Waals surface area contributed by atoms with E-state index in [0.29, 0.717) is 28.6 Å². The average Bonchev–Trinajstić information content (AvgIpc) is 2.85. The normalized spacial score (nSPS) is 10.5. The van der Waals surface area contributed by atoms with Gasteiger partial charge in [-0.1, -0.05) is 53.5 Å². The van der Waals surface area contributed by atoms with Crippen molar-refractivity contribution in [3.05, 3.63) is 70.2 Å². The predicted molar refractivity (Wildman–Crippen MR) is 136 cm³/mol. The summed E-state index contributed by atoms with van der Waals surface area (Å²) in [5.74, 6) is -1.05. The molecule has 3 aromatic carbocycles. The van der Waals surface area contributed by atoms with Crippen LogP contribution in [0, 0.1) is 0 Å². The number of carbonyl (C=O) groups is 2. The minimum atomic E-state index is -1.23. The fourth-order valence-electron chi connectivity index (χ4n) is 3.39. The van der Waals surface area contributed by atoms with Gasteiger partial charge in [0.15, 0.2) is 0 Å². The van der Waals surface area contributed by atoms with Crippen LogP contribution in [0.3, 0.4) is 0 Å². The first-order chi connectivity index (χ1) is 16.8. The lowest BCUT2D eigenvalue weighted by molar-refractivity contribution is -0.126. The lowest BCUT2D eigenvalue weighted by atomic mass is 9.96. The van der Waals surface area contributed by atoms with Crippen molar-refractivity contribution in [1.82, 2.24) is 0 Å². The van der Waals surface area contributed by atoms with Crippen molar-refractivity contribution in [2.75, 3.05) is 39.1 Å². The average molecular weight is 519 g/mol. The van der Waals surface area contributed by atoms with Crippen LogP contribution >= 0.6 is 23.2 Å². The van der Waals surface area contributed by atoms with E-state index in [1.807, 2.05) is 0 Å². The van der Waals surface area contributed by atoms with E-state index in [4.69, 9.17) is 42.1 Å². The number of halogens is 2. The molecular weight excluding hydrogens is 495 g/mol. The number of anilines is 2. The molecule has 0 radical (unpaired) electrons. The highest BCUT2D eigenvalue weighted by Gasteiger charge is 2.30. The fourth-order valence-corrected chi connectivity index (χ4v) is 3.87. The van der Waals surface area contributed by atoms with Gasteiger partial charge in [-0.25, -0.2) is 0 Å². The smallest absolute Gasteiger partial charge is 0.241 e. The summed E-state index contributed by atoms with van der Waals surface area (Å²) in [6.07, 6.45) is 0. The monoisotopic (exact) mass is 518 g/mol. The first kappa shape index (κ1) is 26.0. The lowest BCUT2D eigenvalue weighted by Crippen LogP contribution is -2.32. The summed E-state index contributed by atoms with van der Waals surface area (Å²) in [5, 5.41) is 6.00. The second-order valence-corrected chi connectivity index (χ2v) is 8.01. The van der Waals surface area contributed by atoms with Crippen LogP contribution in [0.4, 0.5) is 11.4 Å². The molecule has 8 nitrogen and oxygen atoms in total. The van der Waals surface area contributed by atoms with Gasteiger partial charge in [-0.3, -0.25) is 9.59 Å². The molecule has 0 atom stereocenters. The van der Waals surface area contributed by atoms with Crippen LogP contribution in [0.25, 0.3) is 0 Å². The van der Waals surface area contributed by atoms with Crippen molar-refractivity contribution in [2.24, 2.45) is 0 Å². The Morgan fingerprint density at radius 3 is 1.43 bits per heavy atom. The van der Waals surface area contributed by atoms with E-state index in [1.54, 1.807) is 42.5 Å². The second-order valence-electron chi connectivity index (χ2n) is 7.20. The van der Waals surface area contributed by atoms with Crippen LogP contribution < -0.4 is 29.6 Å². The van der Waals surface area contributed by atoms with Crippen LogP contribution in [0.5, 0.6) is 23.0 Å². The summed E-state index contributed by atoms with van der Waals surface area (Å²) in [4.78, 5) is 26.8. The molecular formula is C25H24Cl2N2O6. The summed E-state index contributed by atoms with van der Waals surface area (Å²) >= 11 is 12.5. The third-order valence-corrected chi connectivity index (χ3v) is 5.71. The van der Waals surface area contributed by atoms with Gasteiger partial charge in [0.2, 0.25) is 11.8 Å². The highest BCUT2D eigenvalue weighted by atomic mass is 35.5. The first-order valence-electron chi connectivity index (χ1n) is 10.3. The van der Waals surface area contributed by atoms with E-state index in [2.05, 4.69) is 10.6 Å². The summed E-state index contributed by atoms with van der Waals surface area (Å²) in [5.41, 5.74) is 1.03. The van der Waals surface area contributed by atoms with Crippen molar-refractivity contribution in [3.8, 4) is 23.0 Å². The van der Waals surface area contributed by atoms with E-state index in [0.717, 1.165) is 0 Å². The van der Waals surface area contributed by atoms with Crippen LogP contribution in [0.15, 0.2) is 54.6 Å². The third-order valence-electron chi connectivity index (χ3n) is 5.12. The zero-order valence-corrected chi connectivity index (χ0v) is 21.0. The van der Waals surface area contributed by atoms with Gasteiger partial charge in [-0.2, -0.15) is 0 Å². The topological polar surface area (TPSA) is 95.1 Å². The van der Waals surface area contributed by atoms with Crippen molar-refractivity contribution in [3.63, 3.8) is 0 Å². The molecule has 3 aromatic rings. The number of rotatable bonds is 9. The summed E-state index contributed by atoms with van der Waals surface area (Å²) in [6.45, 7) is 0. The molecule has 0 aromatic heterocycles. The van der Waals surface area contributed by atoms with Crippen molar-refractivity contribution < 1.29 is 28.5 Å². The Morgan fingerprint density at radius 2 is 1.06 bits per heavy atom. The Balaban J connectivity index is 1.97. The van der Waals surface area contributed by atoms with Gasteiger partial charge in [-0.05, 0) is 17.7 Å². The molecule has 0 saturated carbocycles.